The lowest BCUT2D eigenvalue weighted by atomic mass is 10.0. The normalized spacial score (nSPS) is 14.5. The molecule has 0 heterocycles. The minimum Gasteiger partial charge on any atom is -0.373 e. The molecule has 0 aromatic heterocycles. The zero-order chi connectivity index (χ0) is 20.0. The number of aliphatic hydroxyl groups is 1. The molecule has 1 rings (SSSR count). The predicted molar refractivity (Wildman–Crippen MR) is 123 cm³/mol. The maximum absolute atomic E-state index is 12.2. The van der Waals surface area contributed by atoms with Crippen molar-refractivity contribution >= 4 is 28.5 Å². The Labute approximate surface area is 179 Å². The van der Waals surface area contributed by atoms with E-state index in [0.29, 0.717) is 6.42 Å². The van der Waals surface area contributed by atoms with E-state index < -0.39 is 3.61 Å². The molecule has 2 N–H and O–H groups in total. The summed E-state index contributed by atoms with van der Waals surface area (Å²) in [6, 6.07) is 9.17. The van der Waals surface area contributed by atoms with Crippen molar-refractivity contribution in [1.29, 1.82) is 0 Å². The average molecular weight is 487 g/mol. The van der Waals surface area contributed by atoms with Gasteiger partial charge < -0.3 is 10.4 Å². The van der Waals surface area contributed by atoms with Crippen LogP contribution in [0.2, 0.25) is 0 Å². The van der Waals surface area contributed by atoms with Crippen molar-refractivity contribution in [3.05, 3.63) is 35.9 Å². The standard InChI is InChI=1S/C23H38INO2/c1-3-4-5-6-7-8-9-10-11-12-16-19-22(26)25-20(2)23(24,27)21-17-14-13-15-18-21/h13-15,17-18,20,27H,3-12,16,19H2,1-2H3,(H,25,26). The second-order valence-corrected chi connectivity index (χ2v) is 9.26. The van der Waals surface area contributed by atoms with Gasteiger partial charge in [0.25, 0.3) is 0 Å². The van der Waals surface area contributed by atoms with Crippen LogP contribution in [0.25, 0.3) is 0 Å². The zero-order valence-electron chi connectivity index (χ0n) is 17.2. The topological polar surface area (TPSA) is 49.3 Å². The van der Waals surface area contributed by atoms with Crippen molar-refractivity contribution in [2.45, 2.75) is 101 Å². The molecule has 0 aliphatic carbocycles. The number of carbonyl (C=O) groups is 1. The first-order chi connectivity index (χ1) is 13.0. The second-order valence-electron chi connectivity index (χ2n) is 7.61. The molecule has 2 atom stereocenters. The van der Waals surface area contributed by atoms with Crippen molar-refractivity contribution in [1.82, 2.24) is 5.32 Å². The molecule has 0 spiro atoms. The van der Waals surface area contributed by atoms with E-state index in [9.17, 15) is 9.90 Å². The Balaban J connectivity index is 2.08. The van der Waals surface area contributed by atoms with Crippen LogP contribution >= 0.6 is 22.6 Å². The highest BCUT2D eigenvalue weighted by Crippen LogP contribution is 2.32. The minimum absolute atomic E-state index is 0.0319. The second kappa shape index (κ2) is 14.4. The van der Waals surface area contributed by atoms with Gasteiger partial charge in [-0.05, 0) is 41.5 Å². The van der Waals surface area contributed by atoms with Crippen LogP contribution in [0, 0.1) is 0 Å². The third-order valence-corrected chi connectivity index (χ3v) is 6.69. The first-order valence-corrected chi connectivity index (χ1v) is 11.8. The Morgan fingerprint density at radius 1 is 0.963 bits per heavy atom. The maximum atomic E-state index is 12.2. The Bertz CT molecular complexity index is 504. The maximum Gasteiger partial charge on any atom is 0.220 e. The van der Waals surface area contributed by atoms with Gasteiger partial charge in [0, 0.05) is 6.42 Å². The molecule has 0 bridgehead atoms. The van der Waals surface area contributed by atoms with Crippen LogP contribution in [0.5, 0.6) is 0 Å². The molecule has 2 unspecified atom stereocenters. The van der Waals surface area contributed by atoms with E-state index in [1.54, 1.807) is 0 Å². The van der Waals surface area contributed by atoms with Crippen LogP contribution < -0.4 is 5.32 Å². The van der Waals surface area contributed by atoms with Gasteiger partial charge in [-0.2, -0.15) is 0 Å². The molecule has 0 fully saturated rings. The van der Waals surface area contributed by atoms with Gasteiger partial charge in [0.05, 0.1) is 6.04 Å². The van der Waals surface area contributed by atoms with E-state index in [1.165, 1.54) is 57.8 Å². The molecule has 1 aromatic rings. The summed E-state index contributed by atoms with van der Waals surface area (Å²) >= 11 is 2.02. The van der Waals surface area contributed by atoms with Crippen molar-refractivity contribution in [3.63, 3.8) is 0 Å². The number of amides is 1. The lowest BCUT2D eigenvalue weighted by Gasteiger charge is -2.29. The number of hydrogen-bond acceptors (Lipinski definition) is 2. The molecule has 1 amide bonds. The number of benzene rings is 1. The number of nitrogens with one attached hydrogen (secondary N) is 1. The highest BCUT2D eigenvalue weighted by atomic mass is 127. The van der Waals surface area contributed by atoms with Crippen LogP contribution in [0.4, 0.5) is 0 Å². The number of unbranched alkanes of at least 4 members (excludes halogenated alkanes) is 10. The molecule has 0 radical (unpaired) electrons. The van der Waals surface area contributed by atoms with Gasteiger partial charge >= 0.3 is 0 Å². The fraction of sp³-hybridized carbons (Fsp3) is 0.696. The molecule has 0 aliphatic heterocycles. The summed E-state index contributed by atoms with van der Waals surface area (Å²) < 4.78 is -1.09. The van der Waals surface area contributed by atoms with Crippen LogP contribution in [-0.2, 0) is 8.40 Å². The van der Waals surface area contributed by atoms with Crippen molar-refractivity contribution in [2.75, 3.05) is 0 Å². The molecular weight excluding hydrogens is 449 g/mol. The summed E-state index contributed by atoms with van der Waals surface area (Å²) in [5.41, 5.74) is 0.813. The van der Waals surface area contributed by atoms with E-state index in [2.05, 4.69) is 12.2 Å². The molecule has 0 saturated heterocycles. The Morgan fingerprint density at radius 2 is 1.44 bits per heavy atom. The smallest absolute Gasteiger partial charge is 0.220 e. The van der Waals surface area contributed by atoms with Gasteiger partial charge in [0.2, 0.25) is 5.91 Å². The number of rotatable bonds is 15. The molecule has 27 heavy (non-hydrogen) atoms. The lowest BCUT2D eigenvalue weighted by Crippen LogP contribution is -2.45. The van der Waals surface area contributed by atoms with Crippen molar-refractivity contribution in [2.24, 2.45) is 0 Å². The Hall–Kier alpha value is -0.620. The fourth-order valence-electron chi connectivity index (χ4n) is 3.28. The Morgan fingerprint density at radius 3 is 1.96 bits per heavy atom. The van der Waals surface area contributed by atoms with Crippen LogP contribution in [0.15, 0.2) is 30.3 Å². The van der Waals surface area contributed by atoms with E-state index in [0.717, 1.165) is 18.4 Å². The molecule has 1 aromatic carbocycles. The number of carbonyl (C=O) groups excluding carboxylic acids is 1. The van der Waals surface area contributed by atoms with Crippen LogP contribution in [0.1, 0.15) is 96.5 Å². The summed E-state index contributed by atoms with van der Waals surface area (Å²) in [4.78, 5) is 12.2. The summed E-state index contributed by atoms with van der Waals surface area (Å²) in [5.74, 6) is 0.0319. The van der Waals surface area contributed by atoms with Gasteiger partial charge in [-0.15, -0.1) is 0 Å². The summed E-state index contributed by atoms with van der Waals surface area (Å²) in [5, 5.41) is 13.7. The van der Waals surface area contributed by atoms with Gasteiger partial charge in [0.15, 0.2) is 3.61 Å². The Kier molecular flexibility index (Phi) is 13.0. The SMILES string of the molecule is CCCCCCCCCCCCCC(=O)NC(C)C(O)(I)c1ccccc1. The third-order valence-electron chi connectivity index (χ3n) is 5.14. The minimum atomic E-state index is -1.09. The van der Waals surface area contributed by atoms with Crippen molar-refractivity contribution in [3.8, 4) is 0 Å². The van der Waals surface area contributed by atoms with E-state index >= 15 is 0 Å². The molecule has 0 aliphatic rings. The predicted octanol–water partition coefficient (Wildman–Crippen LogP) is 6.47. The van der Waals surface area contributed by atoms with E-state index in [1.807, 2.05) is 59.8 Å². The quantitative estimate of drug-likeness (QED) is 0.169. The van der Waals surface area contributed by atoms with Gasteiger partial charge in [-0.3, -0.25) is 4.79 Å². The molecule has 0 saturated carbocycles. The van der Waals surface area contributed by atoms with E-state index in [4.69, 9.17) is 0 Å². The molecule has 154 valence electrons. The van der Waals surface area contributed by atoms with Crippen LogP contribution in [-0.4, -0.2) is 17.1 Å². The summed E-state index contributed by atoms with van der Waals surface area (Å²) in [6.07, 6.45) is 14.6. The average Bonchev–Trinajstić information content (AvgIpc) is 2.66. The highest BCUT2D eigenvalue weighted by molar-refractivity contribution is 14.1. The lowest BCUT2D eigenvalue weighted by molar-refractivity contribution is -0.122. The first kappa shape index (κ1) is 24.4. The van der Waals surface area contributed by atoms with Crippen LogP contribution in [0.3, 0.4) is 0 Å². The van der Waals surface area contributed by atoms with Gasteiger partial charge in [-0.25, -0.2) is 0 Å². The number of hydrogen-bond donors (Lipinski definition) is 2. The monoisotopic (exact) mass is 487 g/mol. The van der Waals surface area contributed by atoms with Gasteiger partial charge in [-0.1, -0.05) is 101 Å². The third kappa shape index (κ3) is 10.5. The first-order valence-electron chi connectivity index (χ1n) is 10.7. The largest absolute Gasteiger partial charge is 0.373 e. The molecular formula is C23H38INO2. The zero-order valence-corrected chi connectivity index (χ0v) is 19.3. The highest BCUT2D eigenvalue weighted by Gasteiger charge is 2.33. The molecule has 3 nitrogen and oxygen atoms in total. The molecule has 4 heteroatoms. The van der Waals surface area contributed by atoms with E-state index in [-0.39, 0.29) is 11.9 Å². The summed E-state index contributed by atoms with van der Waals surface area (Å²) in [6.45, 7) is 4.12. The van der Waals surface area contributed by atoms with Crippen molar-refractivity contribution < 1.29 is 9.90 Å². The number of halogens is 1. The summed E-state index contributed by atoms with van der Waals surface area (Å²) in [7, 11) is 0. The fourth-order valence-corrected chi connectivity index (χ4v) is 3.80. The number of alkyl halides is 1. The van der Waals surface area contributed by atoms with Gasteiger partial charge in [0.1, 0.15) is 0 Å².